The predicted octanol–water partition coefficient (Wildman–Crippen LogP) is 4.44. The zero-order chi connectivity index (χ0) is 13.0. The van der Waals surface area contributed by atoms with E-state index in [1.165, 1.54) is 19.0 Å². The van der Waals surface area contributed by atoms with Crippen LogP contribution in [-0.4, -0.2) is 15.0 Å². The molecule has 0 radical (unpaired) electrons. The minimum absolute atomic E-state index is 0.297. The van der Waals surface area contributed by atoms with Crippen LogP contribution in [0.25, 0.3) is 4.48 Å². The second-order valence-electron chi connectivity index (χ2n) is 3.87. The molecule has 0 saturated heterocycles. The third-order valence-electron chi connectivity index (χ3n) is 2.43. The molecule has 0 bridgehead atoms. The molecule has 0 aromatic heterocycles. The molecule has 0 spiro atoms. The number of hydrogen-bond donors (Lipinski definition) is 0. The molecule has 0 fully saturated rings. The Balaban J connectivity index is 2.22. The Morgan fingerprint density at radius 2 is 1.50 bits per heavy atom. The van der Waals surface area contributed by atoms with E-state index in [1.807, 2.05) is 6.07 Å². The Kier molecular flexibility index (Phi) is 5.25. The van der Waals surface area contributed by atoms with E-state index in [4.69, 9.17) is 0 Å². The molecule has 0 aliphatic carbocycles. The van der Waals surface area contributed by atoms with Crippen LogP contribution in [0.2, 0.25) is 0 Å². The van der Waals surface area contributed by atoms with Gasteiger partial charge in [0.1, 0.15) is 0 Å². The van der Waals surface area contributed by atoms with E-state index in [9.17, 15) is 0 Å². The molecule has 0 aliphatic rings. The summed E-state index contributed by atoms with van der Waals surface area (Å²) >= 11 is 7.67. The molecule has 0 amide bonds. The summed E-state index contributed by atoms with van der Waals surface area (Å²) < 4.78 is 3.73. The van der Waals surface area contributed by atoms with E-state index in [0.717, 1.165) is 4.48 Å². The van der Waals surface area contributed by atoms with E-state index < -0.39 is 0 Å². The van der Waals surface area contributed by atoms with Gasteiger partial charge in [-0.1, -0.05) is 0 Å². The predicted molar refractivity (Wildman–Crippen MR) is 87.8 cm³/mol. The van der Waals surface area contributed by atoms with Crippen LogP contribution in [0.4, 0.5) is 0 Å². The van der Waals surface area contributed by atoms with Gasteiger partial charge in [-0.3, -0.25) is 0 Å². The van der Waals surface area contributed by atoms with Crippen molar-refractivity contribution in [3.63, 3.8) is 0 Å². The van der Waals surface area contributed by atoms with Gasteiger partial charge >= 0.3 is 132 Å². The molecular weight excluding hydrogens is 419 g/mol. The molecule has 2 rings (SSSR count). The summed E-state index contributed by atoms with van der Waals surface area (Å²) in [5, 5.41) is 0. The Hall–Kier alpha value is -0.341. The Bertz CT molecular complexity index is 544. The topological polar surface area (TPSA) is 0 Å². The van der Waals surface area contributed by atoms with Gasteiger partial charge in [-0.2, -0.15) is 0 Å². The van der Waals surface area contributed by atoms with Crippen LogP contribution in [0.1, 0.15) is 11.1 Å². The average Bonchev–Trinajstić information content (AvgIpc) is 2.40. The van der Waals surface area contributed by atoms with Gasteiger partial charge in [-0.15, -0.1) is 0 Å². The van der Waals surface area contributed by atoms with Crippen molar-refractivity contribution < 1.29 is 0 Å². The minimum atomic E-state index is 0.297. The first kappa shape index (κ1) is 14.1. The second-order valence-corrected chi connectivity index (χ2v) is 8.91. The van der Waals surface area contributed by atoms with Crippen LogP contribution < -0.4 is 4.46 Å². The molecule has 0 heterocycles. The summed E-state index contributed by atoms with van der Waals surface area (Å²) in [5.74, 6) is 0. The Labute approximate surface area is 131 Å². The number of rotatable bonds is 3. The van der Waals surface area contributed by atoms with E-state index in [-0.39, 0.29) is 0 Å². The number of benzene rings is 2. The number of halogens is 2. The SMILES string of the molecule is Cc1ccc(/C(Br)=C(\Br)[Se]c2ccccc2)cc1. The van der Waals surface area contributed by atoms with Crippen molar-refractivity contribution in [2.45, 2.75) is 6.92 Å². The molecule has 0 saturated carbocycles. The first-order valence-electron chi connectivity index (χ1n) is 5.52. The first-order valence-corrected chi connectivity index (χ1v) is 8.82. The monoisotopic (exact) mass is 430 g/mol. The van der Waals surface area contributed by atoms with Crippen molar-refractivity contribution in [1.29, 1.82) is 0 Å². The number of aryl methyl sites for hydroxylation is 1. The van der Waals surface area contributed by atoms with Crippen molar-refractivity contribution in [1.82, 2.24) is 0 Å². The van der Waals surface area contributed by atoms with Crippen LogP contribution in [0.15, 0.2) is 58.0 Å². The average molecular weight is 431 g/mol. The van der Waals surface area contributed by atoms with E-state index in [0.29, 0.717) is 15.0 Å². The fourth-order valence-electron chi connectivity index (χ4n) is 1.45. The zero-order valence-corrected chi connectivity index (χ0v) is 14.7. The van der Waals surface area contributed by atoms with Crippen LogP contribution >= 0.6 is 31.9 Å². The van der Waals surface area contributed by atoms with Crippen molar-refractivity contribution >= 4 is 55.8 Å². The van der Waals surface area contributed by atoms with Crippen LogP contribution in [0, 0.1) is 6.92 Å². The molecule has 2 aromatic rings. The molecule has 18 heavy (non-hydrogen) atoms. The normalized spacial score (nSPS) is 12.2. The molecule has 92 valence electrons. The van der Waals surface area contributed by atoms with Gasteiger partial charge in [-0.05, 0) is 0 Å². The summed E-state index contributed by atoms with van der Waals surface area (Å²) in [5.41, 5.74) is 2.49. The molecule has 3 heteroatoms. The standard InChI is InChI=1S/C15H12Br2Se/c1-11-7-9-12(10-8-11)14(16)15(17)18-13-5-3-2-4-6-13/h2-10H,1H3/b15-14-. The van der Waals surface area contributed by atoms with Crippen molar-refractivity contribution in [2.24, 2.45) is 0 Å². The van der Waals surface area contributed by atoms with Gasteiger partial charge < -0.3 is 0 Å². The van der Waals surface area contributed by atoms with E-state index >= 15 is 0 Å². The Morgan fingerprint density at radius 3 is 2.11 bits per heavy atom. The molecule has 0 aliphatic heterocycles. The maximum absolute atomic E-state index is 3.70. The third kappa shape index (κ3) is 3.83. The van der Waals surface area contributed by atoms with Crippen molar-refractivity contribution in [2.75, 3.05) is 0 Å². The Morgan fingerprint density at radius 1 is 0.889 bits per heavy atom. The third-order valence-corrected chi connectivity index (χ3v) is 7.51. The van der Waals surface area contributed by atoms with Crippen LogP contribution in [-0.2, 0) is 0 Å². The van der Waals surface area contributed by atoms with Crippen LogP contribution in [0.3, 0.4) is 0 Å². The molecule has 0 nitrogen and oxygen atoms in total. The van der Waals surface area contributed by atoms with Crippen molar-refractivity contribution in [3.8, 4) is 0 Å². The van der Waals surface area contributed by atoms with Gasteiger partial charge in [0.05, 0.1) is 0 Å². The van der Waals surface area contributed by atoms with Gasteiger partial charge in [0, 0.05) is 0 Å². The number of hydrogen-bond acceptors (Lipinski definition) is 0. The first-order chi connectivity index (χ1) is 8.66. The second kappa shape index (κ2) is 6.72. The summed E-state index contributed by atoms with van der Waals surface area (Å²) in [6.07, 6.45) is 0. The fourth-order valence-corrected chi connectivity index (χ4v) is 4.82. The fraction of sp³-hybridized carbons (Fsp3) is 0.0667. The zero-order valence-electron chi connectivity index (χ0n) is 9.86. The molecule has 0 unspecified atom stereocenters. The van der Waals surface area contributed by atoms with Crippen LogP contribution in [0.5, 0.6) is 0 Å². The molecule has 0 N–H and O–H groups in total. The van der Waals surface area contributed by atoms with E-state index in [2.05, 4.69) is 87.3 Å². The van der Waals surface area contributed by atoms with Gasteiger partial charge in [0.25, 0.3) is 0 Å². The maximum atomic E-state index is 3.70. The summed E-state index contributed by atoms with van der Waals surface area (Å²) in [4.78, 5) is 0. The van der Waals surface area contributed by atoms with Crippen molar-refractivity contribution in [3.05, 3.63) is 69.1 Å². The van der Waals surface area contributed by atoms with Gasteiger partial charge in [0.15, 0.2) is 0 Å². The van der Waals surface area contributed by atoms with E-state index in [1.54, 1.807) is 0 Å². The van der Waals surface area contributed by atoms with Gasteiger partial charge in [0.2, 0.25) is 0 Å². The summed E-state index contributed by atoms with van der Waals surface area (Å²) in [7, 11) is 0. The molecule has 2 aromatic carbocycles. The summed E-state index contributed by atoms with van der Waals surface area (Å²) in [6.45, 7) is 2.10. The quantitative estimate of drug-likeness (QED) is 0.631. The van der Waals surface area contributed by atoms with Gasteiger partial charge in [-0.25, -0.2) is 0 Å². The summed E-state index contributed by atoms with van der Waals surface area (Å²) in [6, 6.07) is 19.1. The molecule has 0 atom stereocenters. The molecular formula is C15H12Br2Se.